The summed E-state index contributed by atoms with van der Waals surface area (Å²) in [7, 11) is 0. The second kappa shape index (κ2) is 21.6. The van der Waals surface area contributed by atoms with Crippen LogP contribution < -0.4 is 0 Å². The molecule has 0 aliphatic rings. The Bertz CT molecular complexity index is 6.00. The van der Waals surface area contributed by atoms with Gasteiger partial charge in [-0.1, -0.05) is 0 Å². The monoisotopic (exact) mass is 198 g/mol. The summed E-state index contributed by atoms with van der Waals surface area (Å²) in [5.41, 5.74) is 0. The molecule has 0 unspecified atom stereocenters. The fourth-order valence-corrected chi connectivity index (χ4v) is 0. The van der Waals surface area contributed by atoms with Crippen LogP contribution in [0.15, 0.2) is 0 Å². The number of hydrogen-bond donors (Lipinski definition) is 0. The summed E-state index contributed by atoms with van der Waals surface area (Å²) in [6, 6.07) is 0. The Morgan fingerprint density at radius 3 is 0.750 bits per heavy atom. The summed E-state index contributed by atoms with van der Waals surface area (Å²) in [5, 5.41) is 0. The molecule has 0 aliphatic carbocycles. The summed E-state index contributed by atoms with van der Waals surface area (Å²) >= 11 is 0. The van der Waals surface area contributed by atoms with Crippen LogP contribution in [0.25, 0.3) is 0 Å². The van der Waals surface area contributed by atoms with E-state index in [2.05, 4.69) is 0 Å². The summed E-state index contributed by atoms with van der Waals surface area (Å²) in [4.78, 5) is 0. The molecule has 0 aromatic carbocycles. The van der Waals surface area contributed by atoms with E-state index >= 15 is 0 Å². The second-order valence-electron chi connectivity index (χ2n) is 0. The maximum absolute atomic E-state index is 0. The van der Waals surface area contributed by atoms with E-state index in [1.54, 1.807) is 0 Å². The van der Waals surface area contributed by atoms with Crippen LogP contribution in [0.1, 0.15) is 0 Å². The van der Waals surface area contributed by atoms with Crippen LogP contribution in [0, 0.1) is 0 Å². The van der Waals surface area contributed by atoms with Crippen LogP contribution in [0.2, 0.25) is 0 Å². The minimum Gasteiger partial charge on any atom is -0.0149 e. The van der Waals surface area contributed by atoms with Crippen LogP contribution in [0.5, 0.6) is 0 Å². The van der Waals surface area contributed by atoms with E-state index in [0.29, 0.717) is 0 Å². The number of rotatable bonds is 0. The van der Waals surface area contributed by atoms with E-state index < -0.39 is 0 Å². The maximum atomic E-state index is 0. The first-order valence-corrected chi connectivity index (χ1v) is 0. The van der Waals surface area contributed by atoms with Crippen molar-refractivity contribution in [2.45, 2.75) is 0 Å². The topological polar surface area (TPSA) is 0 Å². The molecule has 0 atom stereocenters. The van der Waals surface area contributed by atoms with Crippen molar-refractivity contribution in [1.82, 2.24) is 0 Å². The van der Waals surface area contributed by atoms with Gasteiger partial charge in [-0.05, 0) is 11.0 Å². The minimum atomic E-state index is 0. The van der Waals surface area contributed by atoms with E-state index in [9.17, 15) is 0 Å². The van der Waals surface area contributed by atoms with Gasteiger partial charge in [0.05, 0.1) is 0 Å². The molecule has 0 amide bonds. The maximum Gasteiger partial charge on any atom is 0 e. The second-order valence-corrected chi connectivity index (χ2v) is 0. The Balaban J connectivity index is 0. The van der Waals surface area contributed by atoms with Crippen molar-refractivity contribution in [1.29, 1.82) is 0 Å². The van der Waals surface area contributed by atoms with Gasteiger partial charge in [0.15, 0.2) is 0 Å². The first kappa shape index (κ1) is 41.8. The summed E-state index contributed by atoms with van der Waals surface area (Å²) in [5.74, 6) is 0. The zero-order valence-corrected chi connectivity index (χ0v) is 4.57. The third-order valence-corrected chi connectivity index (χ3v) is 0. The third kappa shape index (κ3) is 9.23. The van der Waals surface area contributed by atoms with Crippen molar-refractivity contribution in [3.8, 4) is 0 Å². The van der Waals surface area contributed by atoms with E-state index in [-0.39, 0.29) is 62.2 Å². The van der Waals surface area contributed by atoms with Crippen LogP contribution >= 0.6 is 0 Å². The van der Waals surface area contributed by atoms with Crippen molar-refractivity contribution in [2.24, 2.45) is 0 Å². The molecule has 2 radical (unpaired) electrons. The Morgan fingerprint density at radius 2 is 0.750 bits per heavy atom. The third-order valence-electron chi connectivity index (χ3n) is 0. The van der Waals surface area contributed by atoms with Gasteiger partial charge in [-0.3, -0.25) is 0 Å². The Morgan fingerprint density at radius 1 is 0.750 bits per heavy atom. The van der Waals surface area contributed by atoms with Crippen molar-refractivity contribution in [3.63, 3.8) is 0 Å². The van der Waals surface area contributed by atoms with Gasteiger partial charge in [0.1, 0.15) is 0 Å². The van der Waals surface area contributed by atoms with Crippen LogP contribution in [0.4, 0.5) is 0 Å². The molecule has 30 valence electrons. The van der Waals surface area contributed by atoms with E-state index in [4.69, 9.17) is 0 Å². The average molecular weight is 198 g/mol. The quantitative estimate of drug-likeness (QED) is 0.417. The molecule has 0 aromatic heterocycles. The van der Waals surface area contributed by atoms with Crippen LogP contribution in [-0.4, -0.2) is 11.0 Å². The Labute approximate surface area is 61.9 Å². The Kier molecular flexibility index (Phi) is 226. The van der Waals surface area contributed by atoms with Gasteiger partial charge in [-0.25, -0.2) is 0 Å². The van der Waals surface area contributed by atoms with Gasteiger partial charge in [0, 0.05) is 51.2 Å². The van der Waals surface area contributed by atoms with Crippen LogP contribution in [-0.2, 0) is 51.2 Å². The molecule has 0 rings (SSSR count). The van der Waals surface area contributed by atoms with Crippen molar-refractivity contribution < 1.29 is 51.2 Å². The summed E-state index contributed by atoms with van der Waals surface area (Å²) < 4.78 is 0. The van der Waals surface area contributed by atoms with E-state index in [1.807, 2.05) is 0 Å². The van der Waals surface area contributed by atoms with Gasteiger partial charge >= 0.3 is 0 Å². The molecule has 0 fully saturated rings. The zero-order chi connectivity index (χ0) is 0. The molecule has 0 saturated carbocycles. The van der Waals surface area contributed by atoms with Gasteiger partial charge < -0.3 is 0 Å². The van der Waals surface area contributed by atoms with Gasteiger partial charge in [0.25, 0.3) is 0 Å². The molecule has 0 spiro atoms. The van der Waals surface area contributed by atoms with E-state index in [1.165, 1.54) is 0 Å². The summed E-state index contributed by atoms with van der Waals surface area (Å²) in [6.07, 6.45) is 0. The van der Waals surface area contributed by atoms with Gasteiger partial charge in [-0.15, -0.1) is 0 Å². The largest absolute Gasteiger partial charge is 0.0149 e. The molecule has 4 heteroatoms. The molecule has 0 nitrogen and oxygen atoms in total. The minimum absolute atomic E-state index is 0. The predicted octanol–water partition coefficient (Wildman–Crippen LogP) is -1.46. The molecule has 4 heavy (non-hydrogen) atoms. The van der Waals surface area contributed by atoms with Gasteiger partial charge in [-0.2, -0.15) is 0 Å². The SMILES string of the molecule is [Fe].[Mn].[Mn].[SiH4]. The van der Waals surface area contributed by atoms with E-state index in [0.717, 1.165) is 0 Å². The zero-order valence-electron chi connectivity index (χ0n) is 1.11. The molecule has 0 aliphatic heterocycles. The van der Waals surface area contributed by atoms with Crippen molar-refractivity contribution in [2.75, 3.05) is 0 Å². The summed E-state index contributed by atoms with van der Waals surface area (Å²) in [6.45, 7) is 0. The normalized spacial score (nSPS) is 0. The number of hydrogen-bond acceptors (Lipinski definition) is 0. The molecule has 0 bridgehead atoms. The standard InChI is InChI=1S/Fe.2Mn.H4Si/h;;;1H4. The fourth-order valence-electron chi connectivity index (χ4n) is 0. The van der Waals surface area contributed by atoms with Crippen molar-refractivity contribution >= 4 is 11.0 Å². The van der Waals surface area contributed by atoms with Crippen molar-refractivity contribution in [3.05, 3.63) is 0 Å². The van der Waals surface area contributed by atoms with Crippen LogP contribution in [0.3, 0.4) is 0 Å². The van der Waals surface area contributed by atoms with Gasteiger partial charge in [0.2, 0.25) is 0 Å². The first-order chi connectivity index (χ1) is 0. The molecule has 0 aromatic rings. The Hall–Kier alpha value is 1.78. The first-order valence-electron chi connectivity index (χ1n) is 0. The molecular weight excluding hydrogens is 194 g/mol. The molecular formula is H4FeMn2Si. The molecule has 0 saturated heterocycles. The smallest absolute Gasteiger partial charge is 0 e. The predicted molar refractivity (Wildman–Crippen MR) is 11.3 cm³/mol. The fraction of sp³-hybridized carbons (Fsp3) is 0. The molecule has 0 heterocycles. The average Bonchev–Trinajstić information content (AvgIpc) is 0. The molecule has 0 N–H and O–H groups in total.